The van der Waals surface area contributed by atoms with Crippen molar-refractivity contribution in [1.82, 2.24) is 15.5 Å². The number of rotatable bonds is 7. The number of hydrogen-bond acceptors (Lipinski definition) is 3. The minimum atomic E-state index is 0. The Hall–Kier alpha value is -1.80. The van der Waals surface area contributed by atoms with Crippen LogP contribution in [0.15, 0.2) is 59.6 Å². The molecule has 2 N–H and O–H groups in total. The van der Waals surface area contributed by atoms with E-state index < -0.39 is 0 Å². The molecule has 0 radical (unpaired) electrons. The van der Waals surface area contributed by atoms with Gasteiger partial charge in [-0.1, -0.05) is 48.5 Å². The van der Waals surface area contributed by atoms with E-state index >= 15 is 0 Å². The maximum absolute atomic E-state index is 5.84. The third kappa shape index (κ3) is 7.85. The highest BCUT2D eigenvalue weighted by Gasteiger charge is 2.19. The maximum atomic E-state index is 5.84. The summed E-state index contributed by atoms with van der Waals surface area (Å²) in [6.45, 7) is 6.66. The van der Waals surface area contributed by atoms with Gasteiger partial charge in [0.1, 0.15) is 12.4 Å². The summed E-state index contributed by atoms with van der Waals surface area (Å²) in [5, 5.41) is 6.91. The lowest BCUT2D eigenvalue weighted by Crippen LogP contribution is -2.49. The predicted octanol–water partition coefficient (Wildman–Crippen LogP) is 3.82. The third-order valence-electron chi connectivity index (χ3n) is 5.15. The SMILES string of the molecule is CN=C(NCCOc1ccccc1C)NC1CCN(Cc2ccccc2)CC1.I. The number of benzene rings is 2. The van der Waals surface area contributed by atoms with Crippen molar-refractivity contribution in [3.63, 3.8) is 0 Å². The van der Waals surface area contributed by atoms with Crippen LogP contribution in [-0.4, -0.2) is 50.2 Å². The number of nitrogens with one attached hydrogen (secondary N) is 2. The van der Waals surface area contributed by atoms with Crippen molar-refractivity contribution in [2.75, 3.05) is 33.3 Å². The van der Waals surface area contributed by atoms with Crippen molar-refractivity contribution in [3.8, 4) is 5.75 Å². The van der Waals surface area contributed by atoms with Crippen LogP contribution in [-0.2, 0) is 6.54 Å². The number of guanidine groups is 1. The Kier molecular flexibility index (Phi) is 10.3. The van der Waals surface area contributed by atoms with Gasteiger partial charge >= 0.3 is 0 Å². The molecule has 1 heterocycles. The fraction of sp³-hybridized carbons (Fsp3) is 0.435. The van der Waals surface area contributed by atoms with Crippen molar-refractivity contribution in [3.05, 3.63) is 65.7 Å². The van der Waals surface area contributed by atoms with E-state index in [1.165, 1.54) is 5.56 Å². The summed E-state index contributed by atoms with van der Waals surface area (Å²) in [4.78, 5) is 6.88. The van der Waals surface area contributed by atoms with Crippen LogP contribution in [0.25, 0.3) is 0 Å². The largest absolute Gasteiger partial charge is 0.491 e. The van der Waals surface area contributed by atoms with Crippen LogP contribution < -0.4 is 15.4 Å². The number of likely N-dealkylation sites (tertiary alicyclic amines) is 1. The second-order valence-electron chi connectivity index (χ2n) is 7.29. The van der Waals surface area contributed by atoms with E-state index in [9.17, 15) is 0 Å². The Balaban J connectivity index is 0.00000300. The molecular weight excluding hydrogens is 475 g/mol. The molecule has 0 atom stereocenters. The van der Waals surface area contributed by atoms with Crippen LogP contribution in [0, 0.1) is 6.92 Å². The van der Waals surface area contributed by atoms with Gasteiger partial charge in [-0.2, -0.15) is 0 Å². The molecule has 1 fully saturated rings. The fourth-order valence-corrected chi connectivity index (χ4v) is 3.51. The van der Waals surface area contributed by atoms with E-state index in [1.54, 1.807) is 0 Å². The number of halogens is 1. The van der Waals surface area contributed by atoms with Gasteiger partial charge in [-0.25, -0.2) is 0 Å². The molecule has 0 bridgehead atoms. The summed E-state index contributed by atoms with van der Waals surface area (Å²) < 4.78 is 5.84. The monoisotopic (exact) mass is 508 g/mol. The molecule has 1 saturated heterocycles. The van der Waals surface area contributed by atoms with Crippen LogP contribution in [0.2, 0.25) is 0 Å². The second kappa shape index (κ2) is 12.7. The molecule has 0 amide bonds. The molecule has 5 nitrogen and oxygen atoms in total. The minimum absolute atomic E-state index is 0. The van der Waals surface area contributed by atoms with Crippen molar-refractivity contribution in [2.45, 2.75) is 32.4 Å². The van der Waals surface area contributed by atoms with Gasteiger partial charge in [-0.3, -0.25) is 9.89 Å². The predicted molar refractivity (Wildman–Crippen MR) is 131 cm³/mol. The molecule has 158 valence electrons. The number of piperidine rings is 1. The quantitative estimate of drug-likeness (QED) is 0.259. The fourth-order valence-electron chi connectivity index (χ4n) is 3.51. The van der Waals surface area contributed by atoms with E-state index in [0.717, 1.165) is 56.3 Å². The molecule has 1 aliphatic rings. The Morgan fingerprint density at radius 3 is 2.45 bits per heavy atom. The first kappa shape index (κ1) is 23.5. The normalized spacial score (nSPS) is 15.4. The van der Waals surface area contributed by atoms with E-state index in [1.807, 2.05) is 25.2 Å². The number of aliphatic imine (C=N–C) groups is 1. The maximum Gasteiger partial charge on any atom is 0.191 e. The molecule has 3 rings (SSSR count). The molecule has 2 aromatic rings. The molecule has 0 saturated carbocycles. The van der Waals surface area contributed by atoms with Crippen LogP contribution in [0.3, 0.4) is 0 Å². The summed E-state index contributed by atoms with van der Waals surface area (Å²) in [7, 11) is 1.82. The zero-order chi connectivity index (χ0) is 19.6. The summed E-state index contributed by atoms with van der Waals surface area (Å²) in [6, 6.07) is 19.3. The van der Waals surface area contributed by atoms with Crippen LogP contribution in [0.5, 0.6) is 5.75 Å². The lowest BCUT2D eigenvalue weighted by molar-refractivity contribution is 0.198. The zero-order valence-corrected chi connectivity index (χ0v) is 19.8. The molecule has 0 aromatic heterocycles. The highest BCUT2D eigenvalue weighted by Crippen LogP contribution is 2.16. The number of ether oxygens (including phenoxy) is 1. The molecular formula is C23H33IN4O. The molecule has 1 aliphatic heterocycles. The van der Waals surface area contributed by atoms with E-state index in [4.69, 9.17) is 4.74 Å². The summed E-state index contributed by atoms with van der Waals surface area (Å²) >= 11 is 0. The molecule has 0 aliphatic carbocycles. The van der Waals surface area contributed by atoms with Gasteiger partial charge in [0.25, 0.3) is 0 Å². The number of nitrogens with zero attached hydrogens (tertiary/aromatic N) is 2. The Morgan fingerprint density at radius 2 is 1.76 bits per heavy atom. The van der Waals surface area contributed by atoms with Gasteiger partial charge in [0.05, 0.1) is 6.54 Å². The van der Waals surface area contributed by atoms with Crippen molar-refractivity contribution in [2.24, 2.45) is 4.99 Å². The topological polar surface area (TPSA) is 48.9 Å². The van der Waals surface area contributed by atoms with Gasteiger partial charge in [-0.05, 0) is 37.0 Å². The Bertz CT molecular complexity index is 746. The average Bonchev–Trinajstić information content (AvgIpc) is 2.73. The standard InChI is InChI=1S/C23H32N4O.HI/c1-19-8-6-7-11-22(19)28-17-14-25-23(24-2)26-21-12-15-27(16-13-21)18-20-9-4-3-5-10-20;/h3-11,21H,12-18H2,1-2H3,(H2,24,25,26);1H. The zero-order valence-electron chi connectivity index (χ0n) is 17.4. The molecule has 29 heavy (non-hydrogen) atoms. The van der Waals surface area contributed by atoms with Gasteiger partial charge in [0.2, 0.25) is 0 Å². The number of para-hydroxylation sites is 1. The third-order valence-corrected chi connectivity index (χ3v) is 5.15. The molecule has 6 heteroatoms. The first-order chi connectivity index (χ1) is 13.7. The smallest absolute Gasteiger partial charge is 0.191 e. The van der Waals surface area contributed by atoms with Crippen LogP contribution in [0.1, 0.15) is 24.0 Å². The van der Waals surface area contributed by atoms with Gasteiger partial charge < -0.3 is 15.4 Å². The highest BCUT2D eigenvalue weighted by atomic mass is 127. The van der Waals surface area contributed by atoms with Gasteiger partial charge in [-0.15, -0.1) is 24.0 Å². The second-order valence-corrected chi connectivity index (χ2v) is 7.29. The van der Waals surface area contributed by atoms with Crippen LogP contribution >= 0.6 is 24.0 Å². The number of aryl methyl sites for hydroxylation is 1. The molecule has 0 spiro atoms. The molecule has 0 unspecified atom stereocenters. The summed E-state index contributed by atoms with van der Waals surface area (Å²) in [5.74, 6) is 1.80. The van der Waals surface area contributed by atoms with Crippen molar-refractivity contribution >= 4 is 29.9 Å². The lowest BCUT2D eigenvalue weighted by atomic mass is 10.0. The molecule has 2 aromatic carbocycles. The van der Waals surface area contributed by atoms with Crippen LogP contribution in [0.4, 0.5) is 0 Å². The Labute approximate surface area is 192 Å². The van der Waals surface area contributed by atoms with E-state index in [-0.39, 0.29) is 24.0 Å². The summed E-state index contributed by atoms with van der Waals surface area (Å²) in [5.41, 5.74) is 2.55. The lowest BCUT2D eigenvalue weighted by Gasteiger charge is -2.33. The van der Waals surface area contributed by atoms with E-state index in [2.05, 4.69) is 63.8 Å². The van der Waals surface area contributed by atoms with Crippen molar-refractivity contribution in [1.29, 1.82) is 0 Å². The first-order valence-electron chi connectivity index (χ1n) is 10.2. The minimum Gasteiger partial charge on any atom is -0.491 e. The first-order valence-corrected chi connectivity index (χ1v) is 10.2. The van der Waals surface area contributed by atoms with E-state index in [0.29, 0.717) is 12.6 Å². The Morgan fingerprint density at radius 1 is 1.07 bits per heavy atom. The highest BCUT2D eigenvalue weighted by molar-refractivity contribution is 14.0. The average molecular weight is 508 g/mol. The number of hydrogen-bond donors (Lipinski definition) is 2. The van der Waals surface area contributed by atoms with Gasteiger partial charge in [0.15, 0.2) is 5.96 Å². The van der Waals surface area contributed by atoms with Crippen molar-refractivity contribution < 1.29 is 4.74 Å². The van der Waals surface area contributed by atoms with Gasteiger partial charge in [0, 0.05) is 32.7 Å². The summed E-state index contributed by atoms with van der Waals surface area (Å²) in [6.07, 6.45) is 2.26.